The molecule has 2 aromatic heterocycles. The molecule has 0 amide bonds. The summed E-state index contributed by atoms with van der Waals surface area (Å²) in [7, 11) is 0. The molecule has 0 fully saturated rings. The molecule has 0 bridgehead atoms. The van der Waals surface area contributed by atoms with E-state index in [1.807, 2.05) is 17.0 Å². The van der Waals surface area contributed by atoms with Gasteiger partial charge in [-0.25, -0.2) is 9.97 Å². The van der Waals surface area contributed by atoms with E-state index >= 15 is 0 Å². The Morgan fingerprint density at radius 1 is 1.43 bits per heavy atom. The zero-order chi connectivity index (χ0) is 13.8. The predicted molar refractivity (Wildman–Crippen MR) is 78.6 cm³/mol. The zero-order valence-corrected chi connectivity index (χ0v) is 14.0. The number of thiazole rings is 1. The Labute approximate surface area is 139 Å². The summed E-state index contributed by atoms with van der Waals surface area (Å²) in [5, 5.41) is 11.9. The van der Waals surface area contributed by atoms with Crippen molar-refractivity contribution in [3.8, 4) is 0 Å². The number of halogens is 2. The van der Waals surface area contributed by atoms with E-state index < -0.39 is 0 Å². The van der Waals surface area contributed by atoms with Crippen molar-refractivity contribution in [2.75, 3.05) is 6.61 Å². The molecule has 1 N–H and O–H groups in total. The van der Waals surface area contributed by atoms with Gasteiger partial charge >= 0.3 is 0 Å². The topological polar surface area (TPSA) is 79.3 Å². The van der Waals surface area contributed by atoms with Crippen molar-refractivity contribution in [2.24, 2.45) is 5.18 Å². The maximum atomic E-state index is 10.8. The van der Waals surface area contributed by atoms with Crippen LogP contribution in [0.1, 0.15) is 22.0 Å². The van der Waals surface area contributed by atoms with E-state index in [-0.39, 0.29) is 37.2 Å². The summed E-state index contributed by atoms with van der Waals surface area (Å²) >= 11 is 1.59. The van der Waals surface area contributed by atoms with Crippen molar-refractivity contribution >= 4 is 29.6 Å². The van der Waals surface area contributed by atoms with Crippen LogP contribution in [0, 0.1) is 18.8 Å². The number of nitroso groups, excluding NO2 is 1. The normalized spacial score (nSPS) is 9.67. The fourth-order valence-electron chi connectivity index (χ4n) is 1.81. The van der Waals surface area contributed by atoms with Crippen LogP contribution in [-0.2, 0) is 13.0 Å². The number of nitrogens with zero attached hydrogens (tertiary/aromatic N) is 4. The monoisotopic (exact) mass is 350 g/mol. The first kappa shape index (κ1) is 19.9. The molecule has 21 heavy (non-hydrogen) atoms. The van der Waals surface area contributed by atoms with E-state index in [0.29, 0.717) is 24.4 Å². The summed E-state index contributed by atoms with van der Waals surface area (Å²) in [5.41, 5.74) is 3.74. The third-order valence-electron chi connectivity index (χ3n) is 2.88. The van der Waals surface area contributed by atoms with E-state index in [4.69, 9.17) is 5.11 Å². The summed E-state index contributed by atoms with van der Waals surface area (Å²) in [6, 6.07) is 0. The Morgan fingerprint density at radius 2 is 2.14 bits per heavy atom. The number of aliphatic hydroxyl groups is 1. The second-order valence-corrected chi connectivity index (χ2v) is 5.13. The molecule has 0 aliphatic rings. The molecule has 6 nitrogen and oxygen atoms in total. The molecule has 0 aromatic carbocycles. The number of aromatic nitrogens is 3. The quantitative estimate of drug-likeness (QED) is 0.545. The van der Waals surface area contributed by atoms with Crippen molar-refractivity contribution in [1.29, 1.82) is 0 Å². The zero-order valence-electron chi connectivity index (χ0n) is 11.6. The largest absolute Gasteiger partial charge is 1.00 e. The number of aryl methyl sites for hydroxylation is 1. The van der Waals surface area contributed by atoms with Gasteiger partial charge in [-0.3, -0.25) is 0 Å². The Kier molecular flexibility index (Phi) is 8.50. The smallest absolute Gasteiger partial charge is 0.225 e. The maximum absolute atomic E-state index is 10.8. The van der Waals surface area contributed by atoms with Gasteiger partial charge in [-0.1, -0.05) is 11.3 Å². The third kappa shape index (κ3) is 4.67. The molecule has 2 rings (SSSR count). The summed E-state index contributed by atoms with van der Waals surface area (Å²) in [6.45, 7) is 4.36. The van der Waals surface area contributed by atoms with Gasteiger partial charge in [0.1, 0.15) is 5.82 Å². The highest BCUT2D eigenvalue weighted by Crippen LogP contribution is 2.17. The molecule has 0 aliphatic heterocycles. The minimum absolute atomic E-state index is 0. The van der Waals surface area contributed by atoms with Crippen LogP contribution < -0.4 is 17.0 Å². The highest BCUT2D eigenvalue weighted by Gasteiger charge is 2.18. The summed E-state index contributed by atoms with van der Waals surface area (Å²) in [6.07, 6.45) is 2.28. The van der Waals surface area contributed by atoms with Crippen LogP contribution in [0.15, 0.2) is 16.9 Å². The molecule has 0 saturated heterocycles. The Balaban J connectivity index is 0.00000200. The lowest BCUT2D eigenvalue weighted by Crippen LogP contribution is -3.00. The predicted octanol–water partition coefficient (Wildman–Crippen LogP) is -1.15. The second kappa shape index (κ2) is 8.99. The molecule has 0 aliphatic carbocycles. The number of hydrogen-bond acceptors (Lipinski definition) is 6. The van der Waals surface area contributed by atoms with E-state index in [1.54, 1.807) is 24.5 Å². The van der Waals surface area contributed by atoms with Gasteiger partial charge < -0.3 is 17.5 Å². The van der Waals surface area contributed by atoms with Crippen molar-refractivity contribution in [2.45, 2.75) is 26.8 Å². The summed E-state index contributed by atoms with van der Waals surface area (Å²) in [4.78, 5) is 20.0. The number of hydrogen-bond donors (Lipinski definition) is 1. The molecule has 9 heteroatoms. The van der Waals surface area contributed by atoms with Crippen LogP contribution in [0.2, 0.25) is 0 Å². The number of rotatable bonds is 5. The first-order valence-electron chi connectivity index (χ1n) is 5.89. The molecule has 0 unspecified atom stereocenters. The van der Waals surface area contributed by atoms with Crippen LogP contribution >= 0.6 is 23.7 Å². The highest BCUT2D eigenvalue weighted by atomic mass is 35.5. The lowest BCUT2D eigenvalue weighted by Gasteiger charge is -2.00. The molecule has 2 heterocycles. The fraction of sp³-hybridized carbons (Fsp3) is 0.417. The van der Waals surface area contributed by atoms with Crippen LogP contribution in [0.4, 0.5) is 5.82 Å². The molecular weight excluding hydrogens is 335 g/mol. The Hall–Kier alpha value is -1.15. The average molecular weight is 351 g/mol. The first-order chi connectivity index (χ1) is 9.15. The van der Waals surface area contributed by atoms with E-state index in [2.05, 4.69) is 15.1 Å². The molecule has 0 saturated carbocycles. The van der Waals surface area contributed by atoms with Crippen LogP contribution in [0.5, 0.6) is 0 Å². The van der Waals surface area contributed by atoms with Gasteiger partial charge in [0, 0.05) is 26.1 Å². The summed E-state index contributed by atoms with van der Waals surface area (Å²) in [5.74, 6) is 0.723. The van der Waals surface area contributed by atoms with E-state index in [1.165, 1.54) is 0 Å². The molecule has 0 spiro atoms. The van der Waals surface area contributed by atoms with Crippen LogP contribution in [-0.4, -0.2) is 21.7 Å². The van der Waals surface area contributed by atoms with Gasteiger partial charge in [0.05, 0.1) is 10.4 Å². The van der Waals surface area contributed by atoms with Crippen molar-refractivity contribution in [3.05, 3.63) is 38.6 Å². The standard InChI is InChI=1S/C12H15N4O2S.2ClH/c1-8-11(3-4-17)19-7-16(8)6-10-5-13-9(2)14-12(10)15-18;;/h5,7,17H,3-4,6H2,1-2H3;2*1H/q+1;;/p-1. The van der Waals surface area contributed by atoms with Crippen molar-refractivity contribution in [3.63, 3.8) is 0 Å². The van der Waals surface area contributed by atoms with Gasteiger partial charge in [-0.15, -0.1) is 17.3 Å². The molecule has 0 atom stereocenters. The molecular formula is C12H16Cl2N4O2S. The van der Waals surface area contributed by atoms with Gasteiger partial charge in [0.25, 0.3) is 0 Å². The fourth-order valence-corrected chi connectivity index (χ4v) is 2.79. The van der Waals surface area contributed by atoms with E-state index in [0.717, 1.165) is 10.6 Å². The first-order valence-corrected chi connectivity index (χ1v) is 6.76. The van der Waals surface area contributed by atoms with Gasteiger partial charge in [-0.05, 0) is 12.1 Å². The highest BCUT2D eigenvalue weighted by molar-refractivity contribution is 7.09. The molecule has 2 aromatic rings. The van der Waals surface area contributed by atoms with Gasteiger partial charge in [-0.2, -0.15) is 4.57 Å². The average Bonchev–Trinajstić information content (AvgIpc) is 2.74. The Morgan fingerprint density at radius 3 is 2.76 bits per heavy atom. The van der Waals surface area contributed by atoms with Crippen molar-refractivity contribution in [1.82, 2.24) is 9.97 Å². The molecule has 0 radical (unpaired) electrons. The van der Waals surface area contributed by atoms with E-state index in [9.17, 15) is 4.91 Å². The maximum Gasteiger partial charge on any atom is 0.225 e. The third-order valence-corrected chi connectivity index (χ3v) is 4.03. The number of aliphatic hydroxyl groups excluding tert-OH is 1. The second-order valence-electron chi connectivity index (χ2n) is 4.19. The molecule has 116 valence electrons. The lowest BCUT2D eigenvalue weighted by molar-refractivity contribution is -0.689. The van der Waals surface area contributed by atoms with Gasteiger partial charge in [0.15, 0.2) is 12.2 Å². The van der Waals surface area contributed by atoms with Gasteiger partial charge in [0.2, 0.25) is 11.3 Å². The van der Waals surface area contributed by atoms with Crippen molar-refractivity contribution < 1.29 is 22.1 Å². The SMILES string of the molecule is Cc1ncc(C[n+]2csc(CCO)c2C)c(N=O)n1.Cl.[Cl-]. The minimum Gasteiger partial charge on any atom is -1.00 e. The van der Waals surface area contributed by atoms with Crippen LogP contribution in [0.25, 0.3) is 0 Å². The minimum atomic E-state index is 0. The lowest BCUT2D eigenvalue weighted by atomic mass is 10.2. The van der Waals surface area contributed by atoms with Crippen LogP contribution in [0.3, 0.4) is 0 Å². The summed E-state index contributed by atoms with van der Waals surface area (Å²) < 4.78 is 2.01. The Bertz CT molecular complexity index is 607.